The number of amides is 1. The van der Waals surface area contributed by atoms with Crippen LogP contribution in [0.25, 0.3) is 11.3 Å². The highest BCUT2D eigenvalue weighted by molar-refractivity contribution is 6.36. The lowest BCUT2D eigenvalue weighted by atomic mass is 9.98. The van der Waals surface area contributed by atoms with E-state index in [-0.39, 0.29) is 12.5 Å². The highest BCUT2D eigenvalue weighted by Crippen LogP contribution is 2.41. The van der Waals surface area contributed by atoms with Crippen LogP contribution in [-0.2, 0) is 32.1 Å². The number of hydrogen-bond donors (Lipinski definition) is 3. The van der Waals surface area contributed by atoms with Gasteiger partial charge in [0.2, 0.25) is 0 Å². The fourth-order valence-corrected chi connectivity index (χ4v) is 3.85. The molecule has 0 fully saturated rings. The maximum absolute atomic E-state index is 12.5. The molecule has 0 spiro atoms. The molecule has 2 aromatic rings. The van der Waals surface area contributed by atoms with Gasteiger partial charge in [0.25, 0.3) is 5.91 Å². The number of aliphatic hydroxyl groups excluding tert-OH is 1. The van der Waals surface area contributed by atoms with Gasteiger partial charge in [-0.1, -0.05) is 36.4 Å². The van der Waals surface area contributed by atoms with Crippen molar-refractivity contribution in [1.29, 1.82) is 0 Å². The summed E-state index contributed by atoms with van der Waals surface area (Å²) in [7, 11) is 1.30. The lowest BCUT2D eigenvalue weighted by Crippen LogP contribution is -2.41. The summed E-state index contributed by atoms with van der Waals surface area (Å²) in [5, 5.41) is 15.1. The number of anilines is 1. The Balaban J connectivity index is 1.45. The van der Waals surface area contributed by atoms with Gasteiger partial charge in [-0.3, -0.25) is 9.59 Å². The molecule has 3 N–H and O–H groups in total. The average molecular weight is 408 g/mol. The topological polar surface area (TPSA) is 96.9 Å². The van der Waals surface area contributed by atoms with Gasteiger partial charge in [0.15, 0.2) is 0 Å². The molecule has 0 aromatic heterocycles. The first-order valence-corrected chi connectivity index (χ1v) is 9.94. The van der Waals surface area contributed by atoms with Crippen molar-refractivity contribution in [1.82, 2.24) is 5.32 Å². The van der Waals surface area contributed by atoms with Crippen LogP contribution < -0.4 is 10.6 Å². The summed E-state index contributed by atoms with van der Waals surface area (Å²) in [5.74, 6) is 0.0213. The number of fused-ring (bicyclic) bond motifs is 2. The van der Waals surface area contributed by atoms with Gasteiger partial charge in [0.05, 0.1) is 19.3 Å². The quantitative estimate of drug-likeness (QED) is 0.369. The minimum Gasteiger partial charge on any atom is -0.487 e. The number of nitrogens with one attached hydrogen (secondary N) is 2. The van der Waals surface area contributed by atoms with E-state index in [4.69, 9.17) is 4.74 Å². The largest absolute Gasteiger partial charge is 0.487 e. The number of carbonyl (C=O) groups excluding carboxylic acids is 2. The van der Waals surface area contributed by atoms with E-state index in [1.165, 1.54) is 7.11 Å². The molecule has 0 saturated heterocycles. The summed E-state index contributed by atoms with van der Waals surface area (Å²) >= 11 is 0. The van der Waals surface area contributed by atoms with Gasteiger partial charge in [-0.05, 0) is 31.0 Å². The molecule has 1 amide bonds. The van der Waals surface area contributed by atoms with Crippen molar-refractivity contribution in [3.8, 4) is 0 Å². The van der Waals surface area contributed by atoms with Crippen LogP contribution in [-0.4, -0.2) is 43.3 Å². The number of benzene rings is 2. The minimum atomic E-state index is -0.696. The van der Waals surface area contributed by atoms with Gasteiger partial charge in [0.1, 0.15) is 18.4 Å². The highest BCUT2D eigenvalue weighted by Gasteiger charge is 2.32. The smallest absolute Gasteiger partial charge is 0.325 e. The molecule has 4 rings (SSSR count). The highest BCUT2D eigenvalue weighted by atomic mass is 16.5. The van der Waals surface area contributed by atoms with Gasteiger partial charge >= 0.3 is 5.97 Å². The number of aliphatic hydroxyl groups is 1. The van der Waals surface area contributed by atoms with Gasteiger partial charge in [-0.15, -0.1) is 0 Å². The van der Waals surface area contributed by atoms with E-state index in [2.05, 4.69) is 21.4 Å². The maximum atomic E-state index is 12.5. The van der Waals surface area contributed by atoms with Crippen molar-refractivity contribution >= 4 is 28.9 Å². The van der Waals surface area contributed by atoms with E-state index in [9.17, 15) is 14.7 Å². The lowest BCUT2D eigenvalue weighted by molar-refractivity contribution is -0.144. The molecule has 7 heteroatoms. The van der Waals surface area contributed by atoms with Crippen LogP contribution in [0.5, 0.6) is 0 Å². The molecule has 1 atom stereocenters. The second kappa shape index (κ2) is 8.69. The van der Waals surface area contributed by atoms with Crippen molar-refractivity contribution in [2.75, 3.05) is 25.6 Å². The van der Waals surface area contributed by atoms with Gasteiger partial charge in [-0.25, -0.2) is 0 Å². The summed E-state index contributed by atoms with van der Waals surface area (Å²) in [4.78, 5) is 24.0. The SMILES string of the molecule is COC(=O)C(CO)NCCCc1ccc2c(c1)CO/C2=C1/C(=O)Nc2ccccc21. The van der Waals surface area contributed by atoms with Crippen LogP contribution in [0.2, 0.25) is 0 Å². The van der Waals surface area contributed by atoms with Gasteiger partial charge in [0, 0.05) is 22.4 Å². The van der Waals surface area contributed by atoms with Crippen molar-refractivity contribution in [2.24, 2.45) is 0 Å². The van der Waals surface area contributed by atoms with Crippen molar-refractivity contribution in [3.63, 3.8) is 0 Å². The Morgan fingerprint density at radius 3 is 2.90 bits per heavy atom. The summed E-state index contributed by atoms with van der Waals surface area (Å²) in [5.41, 5.74) is 5.41. The number of ether oxygens (including phenoxy) is 2. The van der Waals surface area contributed by atoms with E-state index >= 15 is 0 Å². The molecule has 0 aliphatic carbocycles. The Bertz CT molecular complexity index is 1010. The second-order valence-corrected chi connectivity index (χ2v) is 7.30. The van der Waals surface area contributed by atoms with E-state index in [0.717, 1.165) is 40.8 Å². The zero-order valence-corrected chi connectivity index (χ0v) is 16.7. The Labute approximate surface area is 174 Å². The molecule has 2 aromatic carbocycles. The van der Waals surface area contributed by atoms with Crippen LogP contribution in [0.4, 0.5) is 5.69 Å². The first-order valence-electron chi connectivity index (χ1n) is 9.94. The molecular weight excluding hydrogens is 384 g/mol. The van der Waals surface area contributed by atoms with Crippen LogP contribution in [0.1, 0.15) is 28.7 Å². The molecule has 0 radical (unpaired) electrons. The predicted octanol–water partition coefficient (Wildman–Crippen LogP) is 2.09. The first-order chi connectivity index (χ1) is 14.6. The summed E-state index contributed by atoms with van der Waals surface area (Å²) in [6, 6.07) is 13.1. The summed E-state index contributed by atoms with van der Waals surface area (Å²) in [6.07, 6.45) is 1.62. The third-order valence-electron chi connectivity index (χ3n) is 5.39. The summed E-state index contributed by atoms with van der Waals surface area (Å²) < 4.78 is 10.6. The minimum absolute atomic E-state index is 0.141. The molecule has 30 heavy (non-hydrogen) atoms. The van der Waals surface area contributed by atoms with E-state index < -0.39 is 12.0 Å². The molecule has 2 aliphatic rings. The third-order valence-corrected chi connectivity index (χ3v) is 5.39. The van der Waals surface area contributed by atoms with Crippen LogP contribution in [0.3, 0.4) is 0 Å². The van der Waals surface area contributed by atoms with Crippen LogP contribution in [0.15, 0.2) is 42.5 Å². The van der Waals surface area contributed by atoms with Gasteiger partial charge in [-0.2, -0.15) is 0 Å². The van der Waals surface area contributed by atoms with E-state index in [1.54, 1.807) is 0 Å². The van der Waals surface area contributed by atoms with Crippen molar-refractivity contribution in [2.45, 2.75) is 25.5 Å². The fraction of sp³-hybridized carbons (Fsp3) is 0.304. The molecule has 156 valence electrons. The lowest BCUT2D eigenvalue weighted by Gasteiger charge is -2.13. The summed E-state index contributed by atoms with van der Waals surface area (Å²) in [6.45, 7) is 0.724. The number of esters is 1. The van der Waals surface area contributed by atoms with Gasteiger partial charge < -0.3 is 25.2 Å². The molecule has 0 saturated carbocycles. The van der Waals surface area contributed by atoms with E-state index in [1.807, 2.05) is 36.4 Å². The number of para-hydroxylation sites is 1. The van der Waals surface area contributed by atoms with E-state index in [0.29, 0.717) is 24.5 Å². The Morgan fingerprint density at radius 2 is 2.10 bits per heavy atom. The Kier molecular flexibility index (Phi) is 5.83. The normalized spacial score (nSPS) is 17.7. The zero-order chi connectivity index (χ0) is 21.1. The molecule has 2 aliphatic heterocycles. The average Bonchev–Trinajstić information content (AvgIpc) is 3.32. The number of carbonyl (C=O) groups is 2. The number of methoxy groups -OCH3 is 1. The fourth-order valence-electron chi connectivity index (χ4n) is 3.85. The molecular formula is C23H24N2O5. The van der Waals surface area contributed by atoms with Crippen molar-refractivity contribution in [3.05, 3.63) is 64.7 Å². The molecule has 2 heterocycles. The molecule has 0 bridgehead atoms. The predicted molar refractivity (Wildman–Crippen MR) is 112 cm³/mol. The standard InChI is InChI=1S/C23H24N2O5/c1-29-23(28)19(12-26)24-10-4-5-14-8-9-16-15(11-14)13-30-21(16)20-17-6-2-3-7-18(17)25-22(20)27/h2-3,6-9,11,19,24,26H,4-5,10,12-13H2,1H3,(H,25,27)/b21-20+. The Hall–Kier alpha value is -3.16. The number of aryl methyl sites for hydroxylation is 1. The number of hydrogen-bond acceptors (Lipinski definition) is 6. The molecule has 1 unspecified atom stereocenters. The van der Waals surface area contributed by atoms with Crippen molar-refractivity contribution < 1.29 is 24.2 Å². The van der Waals surface area contributed by atoms with Crippen LogP contribution in [0, 0.1) is 0 Å². The second-order valence-electron chi connectivity index (χ2n) is 7.30. The maximum Gasteiger partial charge on any atom is 0.325 e. The third kappa shape index (κ3) is 3.81. The number of rotatable bonds is 7. The monoisotopic (exact) mass is 408 g/mol. The first kappa shape index (κ1) is 20.1. The Morgan fingerprint density at radius 1 is 1.27 bits per heavy atom. The van der Waals surface area contributed by atoms with Crippen LogP contribution >= 0.6 is 0 Å². The zero-order valence-electron chi connectivity index (χ0n) is 16.7. The molecule has 7 nitrogen and oxygen atoms in total.